The van der Waals surface area contributed by atoms with Gasteiger partial charge in [0.1, 0.15) is 0 Å². The SMILES string of the molecule is O=C(Cc1ccc(Cl)cc1)Nc1cc(S(=O)(=O)N2CCCC2)ccc1Cl. The lowest BCUT2D eigenvalue weighted by molar-refractivity contribution is -0.115. The Kier molecular flexibility index (Phi) is 5.87. The normalized spacial score (nSPS) is 15.2. The van der Waals surface area contributed by atoms with Crippen molar-refractivity contribution < 1.29 is 13.2 Å². The summed E-state index contributed by atoms with van der Waals surface area (Å²) in [6.45, 7) is 1.03. The molecule has 2 aromatic rings. The first-order valence-electron chi connectivity index (χ1n) is 8.20. The molecule has 0 atom stereocenters. The number of hydrogen-bond donors (Lipinski definition) is 1. The molecule has 1 fully saturated rings. The monoisotopic (exact) mass is 412 g/mol. The van der Waals surface area contributed by atoms with Crippen LogP contribution in [-0.4, -0.2) is 31.7 Å². The molecule has 1 N–H and O–H groups in total. The van der Waals surface area contributed by atoms with E-state index >= 15 is 0 Å². The molecule has 0 aromatic heterocycles. The average molecular weight is 413 g/mol. The Morgan fingerprint density at radius 2 is 1.69 bits per heavy atom. The minimum atomic E-state index is -3.57. The first-order chi connectivity index (χ1) is 12.4. The van der Waals surface area contributed by atoms with Crippen LogP contribution in [0.3, 0.4) is 0 Å². The van der Waals surface area contributed by atoms with Crippen molar-refractivity contribution in [2.24, 2.45) is 0 Å². The highest BCUT2D eigenvalue weighted by Gasteiger charge is 2.27. The van der Waals surface area contributed by atoms with Gasteiger partial charge in [0.05, 0.1) is 22.0 Å². The van der Waals surface area contributed by atoms with Crippen molar-refractivity contribution in [3.63, 3.8) is 0 Å². The summed E-state index contributed by atoms with van der Waals surface area (Å²) in [4.78, 5) is 12.4. The number of sulfonamides is 1. The number of amides is 1. The molecule has 1 aliphatic heterocycles. The molecule has 138 valence electrons. The van der Waals surface area contributed by atoms with E-state index in [0.717, 1.165) is 18.4 Å². The Morgan fingerprint density at radius 1 is 1.04 bits per heavy atom. The van der Waals surface area contributed by atoms with Crippen LogP contribution in [0.25, 0.3) is 0 Å². The molecule has 8 heteroatoms. The lowest BCUT2D eigenvalue weighted by atomic mass is 10.1. The summed E-state index contributed by atoms with van der Waals surface area (Å²) < 4.78 is 26.8. The Bertz CT molecular complexity index is 909. The van der Waals surface area contributed by atoms with E-state index in [-0.39, 0.29) is 27.9 Å². The van der Waals surface area contributed by atoms with Crippen LogP contribution in [0.5, 0.6) is 0 Å². The Hall–Kier alpha value is -1.60. The van der Waals surface area contributed by atoms with Gasteiger partial charge < -0.3 is 5.32 Å². The van der Waals surface area contributed by atoms with Gasteiger partial charge in [0, 0.05) is 18.1 Å². The highest BCUT2D eigenvalue weighted by Crippen LogP contribution is 2.28. The third-order valence-corrected chi connectivity index (χ3v) is 6.67. The van der Waals surface area contributed by atoms with E-state index in [1.165, 1.54) is 22.5 Å². The van der Waals surface area contributed by atoms with Crippen LogP contribution in [0.15, 0.2) is 47.4 Å². The van der Waals surface area contributed by atoms with Gasteiger partial charge in [-0.05, 0) is 48.7 Å². The number of benzene rings is 2. The largest absolute Gasteiger partial charge is 0.324 e. The van der Waals surface area contributed by atoms with E-state index in [1.807, 2.05) is 0 Å². The van der Waals surface area contributed by atoms with Crippen molar-refractivity contribution >= 4 is 44.8 Å². The maximum Gasteiger partial charge on any atom is 0.243 e. The van der Waals surface area contributed by atoms with E-state index in [1.54, 1.807) is 24.3 Å². The molecule has 0 saturated carbocycles. The molecule has 0 aliphatic carbocycles. The smallest absolute Gasteiger partial charge is 0.243 e. The number of carbonyl (C=O) groups is 1. The van der Waals surface area contributed by atoms with Crippen molar-refractivity contribution in [1.82, 2.24) is 4.31 Å². The fourth-order valence-corrected chi connectivity index (χ4v) is 4.65. The van der Waals surface area contributed by atoms with Gasteiger partial charge in [0.25, 0.3) is 0 Å². The van der Waals surface area contributed by atoms with Gasteiger partial charge >= 0.3 is 0 Å². The first kappa shape index (κ1) is 19.2. The van der Waals surface area contributed by atoms with Crippen LogP contribution >= 0.6 is 23.2 Å². The van der Waals surface area contributed by atoms with E-state index in [4.69, 9.17) is 23.2 Å². The van der Waals surface area contributed by atoms with Crippen LogP contribution < -0.4 is 5.32 Å². The van der Waals surface area contributed by atoms with Crippen LogP contribution in [0.4, 0.5) is 5.69 Å². The molecule has 2 aromatic carbocycles. The molecule has 0 bridgehead atoms. The van der Waals surface area contributed by atoms with Gasteiger partial charge in [-0.15, -0.1) is 0 Å². The predicted octanol–water partition coefficient (Wildman–Crippen LogP) is 3.96. The molecule has 26 heavy (non-hydrogen) atoms. The van der Waals surface area contributed by atoms with Gasteiger partial charge in [0.2, 0.25) is 15.9 Å². The van der Waals surface area contributed by atoms with Crippen molar-refractivity contribution in [2.45, 2.75) is 24.2 Å². The highest BCUT2D eigenvalue weighted by atomic mass is 35.5. The van der Waals surface area contributed by atoms with Crippen molar-refractivity contribution in [3.8, 4) is 0 Å². The first-order valence-corrected chi connectivity index (χ1v) is 10.4. The number of nitrogens with one attached hydrogen (secondary N) is 1. The van der Waals surface area contributed by atoms with Gasteiger partial charge in [-0.2, -0.15) is 4.31 Å². The van der Waals surface area contributed by atoms with E-state index in [9.17, 15) is 13.2 Å². The molecular formula is C18H18Cl2N2O3S. The lowest BCUT2D eigenvalue weighted by Gasteiger charge is -2.16. The van der Waals surface area contributed by atoms with Crippen LogP contribution in [0.2, 0.25) is 10.0 Å². The van der Waals surface area contributed by atoms with Gasteiger partial charge in [-0.3, -0.25) is 4.79 Å². The zero-order valence-electron chi connectivity index (χ0n) is 13.9. The second kappa shape index (κ2) is 7.96. The average Bonchev–Trinajstić information content (AvgIpc) is 3.14. The van der Waals surface area contributed by atoms with E-state index in [0.29, 0.717) is 18.1 Å². The molecule has 5 nitrogen and oxygen atoms in total. The standard InChI is InChI=1S/C18H18Cl2N2O3S/c19-14-5-3-13(4-6-14)11-18(23)21-17-12-15(7-8-16(17)20)26(24,25)22-9-1-2-10-22/h3-8,12H,1-2,9-11H2,(H,21,23). The summed E-state index contributed by atoms with van der Waals surface area (Å²) in [5, 5.41) is 3.57. The molecule has 1 aliphatic rings. The number of rotatable bonds is 5. The van der Waals surface area contributed by atoms with Crippen LogP contribution in [-0.2, 0) is 21.2 Å². The Morgan fingerprint density at radius 3 is 2.35 bits per heavy atom. The van der Waals surface area contributed by atoms with E-state index < -0.39 is 10.0 Å². The van der Waals surface area contributed by atoms with Crippen LogP contribution in [0.1, 0.15) is 18.4 Å². The van der Waals surface area contributed by atoms with E-state index in [2.05, 4.69) is 5.32 Å². The minimum absolute atomic E-state index is 0.130. The zero-order chi connectivity index (χ0) is 18.7. The summed E-state index contributed by atoms with van der Waals surface area (Å²) in [7, 11) is -3.57. The number of nitrogens with zero attached hydrogens (tertiary/aromatic N) is 1. The quantitative estimate of drug-likeness (QED) is 0.807. The number of anilines is 1. The molecule has 3 rings (SSSR count). The summed E-state index contributed by atoms with van der Waals surface area (Å²) >= 11 is 12.0. The molecule has 1 heterocycles. The van der Waals surface area contributed by atoms with Gasteiger partial charge in [-0.25, -0.2) is 8.42 Å². The third kappa shape index (κ3) is 4.38. The molecule has 0 spiro atoms. The topological polar surface area (TPSA) is 66.5 Å². The summed E-state index contributed by atoms with van der Waals surface area (Å²) in [6, 6.07) is 11.3. The maximum absolute atomic E-state index is 12.7. The summed E-state index contributed by atoms with van der Waals surface area (Å²) in [5.41, 5.74) is 1.08. The van der Waals surface area contributed by atoms with Gasteiger partial charge in [-0.1, -0.05) is 35.3 Å². The number of hydrogen-bond acceptors (Lipinski definition) is 3. The van der Waals surface area contributed by atoms with Gasteiger partial charge in [0.15, 0.2) is 0 Å². The van der Waals surface area contributed by atoms with Crippen LogP contribution in [0, 0.1) is 0 Å². The second-order valence-corrected chi connectivity index (χ2v) is 8.89. The van der Waals surface area contributed by atoms with Crippen molar-refractivity contribution in [1.29, 1.82) is 0 Å². The Balaban J connectivity index is 1.77. The number of halogens is 2. The summed E-state index contributed by atoms with van der Waals surface area (Å²) in [6.07, 6.45) is 1.85. The third-order valence-electron chi connectivity index (χ3n) is 4.19. The molecule has 1 amide bonds. The van der Waals surface area contributed by atoms with Crippen molar-refractivity contribution in [2.75, 3.05) is 18.4 Å². The second-order valence-electron chi connectivity index (χ2n) is 6.10. The fourth-order valence-electron chi connectivity index (χ4n) is 2.82. The lowest BCUT2D eigenvalue weighted by Crippen LogP contribution is -2.28. The summed E-state index contributed by atoms with van der Waals surface area (Å²) in [5.74, 6) is -0.287. The number of carbonyl (C=O) groups excluding carboxylic acids is 1. The molecule has 0 unspecified atom stereocenters. The molecule has 1 saturated heterocycles. The zero-order valence-corrected chi connectivity index (χ0v) is 16.2. The fraction of sp³-hybridized carbons (Fsp3) is 0.278. The maximum atomic E-state index is 12.7. The Labute approximate surface area is 163 Å². The van der Waals surface area contributed by atoms with Crippen molar-refractivity contribution in [3.05, 3.63) is 58.1 Å². The molecule has 0 radical (unpaired) electrons. The predicted molar refractivity (Wildman–Crippen MR) is 103 cm³/mol. The minimum Gasteiger partial charge on any atom is -0.324 e. The molecular weight excluding hydrogens is 395 g/mol. The highest BCUT2D eigenvalue weighted by molar-refractivity contribution is 7.89.